The number of unbranched alkanes of at least 4 members (excludes halogenated alkanes) is 13. The second-order valence-electron chi connectivity index (χ2n) is 8.17. The van der Waals surface area contributed by atoms with Crippen molar-refractivity contribution >= 4 is 5.91 Å². The van der Waals surface area contributed by atoms with Gasteiger partial charge < -0.3 is 4.90 Å². The molecule has 1 aliphatic heterocycles. The lowest BCUT2D eigenvalue weighted by atomic mass is 10.0. The molecule has 0 aliphatic carbocycles. The summed E-state index contributed by atoms with van der Waals surface area (Å²) in [4.78, 5) is 14.2. The summed E-state index contributed by atoms with van der Waals surface area (Å²) in [6.45, 7) is 6.25. The first-order valence-electron chi connectivity index (χ1n) is 11.5. The molecule has 0 aromatic rings. The predicted octanol–water partition coefficient (Wildman–Crippen LogP) is 5.14. The van der Waals surface area contributed by atoms with Gasteiger partial charge in [0, 0.05) is 32.6 Å². The van der Waals surface area contributed by atoms with E-state index in [9.17, 15) is 4.79 Å². The number of hydrogen-bond acceptors (Lipinski definition) is 3. The van der Waals surface area contributed by atoms with Crippen molar-refractivity contribution in [3.05, 3.63) is 0 Å². The minimum Gasteiger partial charge on any atom is -0.304 e. The molecule has 1 aliphatic rings. The zero-order valence-electron chi connectivity index (χ0n) is 17.7. The van der Waals surface area contributed by atoms with Crippen LogP contribution in [0.15, 0.2) is 0 Å². The molecule has 0 spiro atoms. The van der Waals surface area contributed by atoms with E-state index in [2.05, 4.69) is 29.3 Å². The van der Waals surface area contributed by atoms with E-state index < -0.39 is 0 Å². The minimum atomic E-state index is 0.202. The standard InChI is InChI=1S/C22H45N3O/c1-3-4-5-6-7-8-9-10-11-12-13-14-15-16-17-22(26)23-25-20-18-24(2)19-21-25/h3-21H2,1-2H3,(H,23,26). The summed E-state index contributed by atoms with van der Waals surface area (Å²) in [5, 5.41) is 2.08. The van der Waals surface area contributed by atoms with Crippen LogP contribution in [-0.4, -0.2) is 49.0 Å². The maximum atomic E-state index is 11.9. The number of amides is 1. The van der Waals surface area contributed by atoms with E-state index in [1.807, 2.05) is 0 Å². The minimum absolute atomic E-state index is 0.202. The molecule has 1 amide bonds. The summed E-state index contributed by atoms with van der Waals surface area (Å²) in [6.07, 6.45) is 19.7. The van der Waals surface area contributed by atoms with Crippen LogP contribution in [-0.2, 0) is 4.79 Å². The number of carbonyl (C=O) groups excluding carboxylic acids is 1. The summed E-state index contributed by atoms with van der Waals surface area (Å²) in [6, 6.07) is 0. The highest BCUT2D eigenvalue weighted by Gasteiger charge is 2.15. The van der Waals surface area contributed by atoms with E-state index in [4.69, 9.17) is 0 Å². The van der Waals surface area contributed by atoms with Gasteiger partial charge >= 0.3 is 0 Å². The molecule has 26 heavy (non-hydrogen) atoms. The lowest BCUT2D eigenvalue weighted by molar-refractivity contribution is -0.126. The van der Waals surface area contributed by atoms with Gasteiger partial charge in [-0.15, -0.1) is 0 Å². The molecule has 1 saturated heterocycles. The average Bonchev–Trinajstić information content (AvgIpc) is 2.64. The lowest BCUT2D eigenvalue weighted by Crippen LogP contribution is -2.52. The Morgan fingerprint density at radius 3 is 1.58 bits per heavy atom. The Balaban J connectivity index is 1.77. The average molecular weight is 368 g/mol. The van der Waals surface area contributed by atoms with Crippen molar-refractivity contribution in [3.63, 3.8) is 0 Å². The van der Waals surface area contributed by atoms with E-state index in [-0.39, 0.29) is 5.91 Å². The van der Waals surface area contributed by atoms with E-state index in [0.717, 1.165) is 32.6 Å². The van der Waals surface area contributed by atoms with Crippen LogP contribution >= 0.6 is 0 Å². The van der Waals surface area contributed by atoms with Crippen molar-refractivity contribution in [2.45, 2.75) is 103 Å². The maximum absolute atomic E-state index is 11.9. The highest BCUT2D eigenvalue weighted by Crippen LogP contribution is 2.13. The first-order chi connectivity index (χ1) is 12.7. The Kier molecular flexibility index (Phi) is 14.9. The summed E-state index contributed by atoms with van der Waals surface area (Å²) in [5.41, 5.74) is 3.05. The van der Waals surface area contributed by atoms with Gasteiger partial charge in [-0.05, 0) is 13.5 Å². The van der Waals surface area contributed by atoms with Crippen molar-refractivity contribution < 1.29 is 4.79 Å². The first kappa shape index (κ1) is 23.4. The second-order valence-corrected chi connectivity index (χ2v) is 8.17. The second kappa shape index (κ2) is 16.6. The Hall–Kier alpha value is -0.610. The van der Waals surface area contributed by atoms with Gasteiger partial charge in [-0.1, -0.05) is 90.4 Å². The largest absolute Gasteiger partial charge is 0.304 e. The van der Waals surface area contributed by atoms with Crippen molar-refractivity contribution in [2.75, 3.05) is 33.2 Å². The normalized spacial score (nSPS) is 16.1. The zero-order valence-corrected chi connectivity index (χ0v) is 17.7. The first-order valence-corrected chi connectivity index (χ1v) is 11.5. The van der Waals surface area contributed by atoms with Gasteiger partial charge in [0.1, 0.15) is 0 Å². The number of hydrazine groups is 1. The van der Waals surface area contributed by atoms with Crippen LogP contribution < -0.4 is 5.43 Å². The van der Waals surface area contributed by atoms with Crippen molar-refractivity contribution in [3.8, 4) is 0 Å². The van der Waals surface area contributed by atoms with Gasteiger partial charge in [0.05, 0.1) is 0 Å². The highest BCUT2D eigenvalue weighted by molar-refractivity contribution is 5.75. The third kappa shape index (κ3) is 13.6. The van der Waals surface area contributed by atoms with Crippen molar-refractivity contribution in [1.29, 1.82) is 0 Å². The molecule has 1 heterocycles. The summed E-state index contributed by atoms with van der Waals surface area (Å²) in [5.74, 6) is 0.202. The predicted molar refractivity (Wildman–Crippen MR) is 112 cm³/mol. The zero-order chi connectivity index (χ0) is 18.9. The summed E-state index contributed by atoms with van der Waals surface area (Å²) in [7, 11) is 2.13. The van der Waals surface area contributed by atoms with Crippen molar-refractivity contribution in [1.82, 2.24) is 15.3 Å². The van der Waals surface area contributed by atoms with E-state index in [0.29, 0.717) is 6.42 Å². The smallest absolute Gasteiger partial charge is 0.234 e. The van der Waals surface area contributed by atoms with Crippen LogP contribution in [0, 0.1) is 0 Å². The van der Waals surface area contributed by atoms with E-state index >= 15 is 0 Å². The maximum Gasteiger partial charge on any atom is 0.234 e. The molecular formula is C22H45N3O. The van der Waals surface area contributed by atoms with Gasteiger partial charge in [-0.25, -0.2) is 5.01 Å². The SMILES string of the molecule is CCCCCCCCCCCCCCCCC(=O)NN1CCN(C)CC1. The lowest BCUT2D eigenvalue weighted by Gasteiger charge is -2.32. The fourth-order valence-corrected chi connectivity index (χ4v) is 3.63. The fraction of sp³-hybridized carbons (Fsp3) is 0.955. The third-order valence-corrected chi connectivity index (χ3v) is 5.54. The third-order valence-electron chi connectivity index (χ3n) is 5.54. The number of rotatable bonds is 16. The van der Waals surface area contributed by atoms with Gasteiger partial charge in [0.15, 0.2) is 0 Å². The molecule has 1 rings (SSSR count). The van der Waals surface area contributed by atoms with E-state index in [1.165, 1.54) is 83.5 Å². The molecule has 0 radical (unpaired) electrons. The Bertz CT molecular complexity index is 327. The molecule has 0 bridgehead atoms. The molecule has 0 atom stereocenters. The number of piperazine rings is 1. The topological polar surface area (TPSA) is 35.6 Å². The number of likely N-dealkylation sites (N-methyl/N-ethyl adjacent to an activating group) is 1. The van der Waals surface area contributed by atoms with Crippen LogP contribution in [0.5, 0.6) is 0 Å². The molecule has 0 saturated carbocycles. The summed E-state index contributed by atoms with van der Waals surface area (Å²) >= 11 is 0. The van der Waals surface area contributed by atoms with Gasteiger partial charge in [-0.2, -0.15) is 0 Å². The monoisotopic (exact) mass is 367 g/mol. The molecule has 0 unspecified atom stereocenters. The Morgan fingerprint density at radius 2 is 1.12 bits per heavy atom. The Morgan fingerprint density at radius 1 is 0.692 bits per heavy atom. The van der Waals surface area contributed by atoms with Crippen molar-refractivity contribution in [2.24, 2.45) is 0 Å². The Labute approximate surface area is 163 Å². The number of hydrogen-bond donors (Lipinski definition) is 1. The number of nitrogens with one attached hydrogen (secondary N) is 1. The molecular weight excluding hydrogens is 322 g/mol. The number of carbonyl (C=O) groups is 1. The van der Waals surface area contributed by atoms with E-state index in [1.54, 1.807) is 0 Å². The fourth-order valence-electron chi connectivity index (χ4n) is 3.63. The molecule has 4 nitrogen and oxygen atoms in total. The highest BCUT2D eigenvalue weighted by atomic mass is 16.2. The molecule has 0 aromatic heterocycles. The molecule has 4 heteroatoms. The van der Waals surface area contributed by atoms with Crippen LogP contribution in [0.25, 0.3) is 0 Å². The van der Waals surface area contributed by atoms with Crippen LogP contribution in [0.2, 0.25) is 0 Å². The van der Waals surface area contributed by atoms with Gasteiger partial charge in [-0.3, -0.25) is 10.2 Å². The quantitative estimate of drug-likeness (QED) is 0.384. The number of nitrogens with zero attached hydrogens (tertiary/aromatic N) is 2. The molecule has 1 fully saturated rings. The van der Waals surface area contributed by atoms with Gasteiger partial charge in [0.2, 0.25) is 5.91 Å². The van der Waals surface area contributed by atoms with Gasteiger partial charge in [0.25, 0.3) is 0 Å². The molecule has 0 aromatic carbocycles. The van der Waals surface area contributed by atoms with Crippen LogP contribution in [0.1, 0.15) is 103 Å². The summed E-state index contributed by atoms with van der Waals surface area (Å²) < 4.78 is 0. The molecule has 154 valence electrons. The van der Waals surface area contributed by atoms with Crippen LogP contribution in [0.3, 0.4) is 0 Å². The molecule has 1 N–H and O–H groups in total. The van der Waals surface area contributed by atoms with Crippen LogP contribution in [0.4, 0.5) is 0 Å².